The summed E-state index contributed by atoms with van der Waals surface area (Å²) in [6.07, 6.45) is 3.61. The minimum atomic E-state index is -0.108. The van der Waals surface area contributed by atoms with E-state index in [1.165, 1.54) is 0 Å². The van der Waals surface area contributed by atoms with E-state index in [9.17, 15) is 9.59 Å². The summed E-state index contributed by atoms with van der Waals surface area (Å²) in [5.41, 5.74) is 0.903. The fourth-order valence-electron chi connectivity index (χ4n) is 3.94. The predicted molar refractivity (Wildman–Crippen MR) is 115 cm³/mol. The van der Waals surface area contributed by atoms with Crippen molar-refractivity contribution in [3.05, 3.63) is 35.7 Å². The first-order chi connectivity index (χ1) is 15.0. The molecule has 2 heterocycles. The molecule has 1 aliphatic rings. The third kappa shape index (κ3) is 5.34. The molecule has 1 fully saturated rings. The van der Waals surface area contributed by atoms with Gasteiger partial charge in [-0.15, -0.1) is 5.10 Å². The number of methoxy groups -OCH3 is 2. The second kappa shape index (κ2) is 10.3. The molecule has 168 valence electrons. The Labute approximate surface area is 182 Å². The van der Waals surface area contributed by atoms with Crippen LogP contribution in [0.4, 0.5) is 0 Å². The first-order valence-corrected chi connectivity index (χ1v) is 10.7. The summed E-state index contributed by atoms with van der Waals surface area (Å²) < 4.78 is 12.3. The number of hydrogen-bond acceptors (Lipinski definition) is 6. The molecule has 0 N–H and O–H groups in total. The van der Waals surface area contributed by atoms with Crippen LogP contribution in [0.3, 0.4) is 0 Å². The maximum Gasteiger partial charge on any atom is 0.276 e. The van der Waals surface area contributed by atoms with Crippen molar-refractivity contribution in [1.82, 2.24) is 24.8 Å². The molecule has 0 bridgehead atoms. The van der Waals surface area contributed by atoms with Gasteiger partial charge in [0.2, 0.25) is 0 Å². The number of hydrogen-bond donors (Lipinski definition) is 0. The smallest absolute Gasteiger partial charge is 0.276 e. The van der Waals surface area contributed by atoms with E-state index >= 15 is 0 Å². The molecule has 0 spiro atoms. The molecule has 0 aliphatic carbocycles. The third-order valence-electron chi connectivity index (χ3n) is 5.66. The number of aromatic nitrogens is 3. The maximum absolute atomic E-state index is 13.1. The number of carbonyl (C=O) groups is 2. The van der Waals surface area contributed by atoms with Crippen LogP contribution >= 0.6 is 0 Å². The molecule has 1 atom stereocenters. The summed E-state index contributed by atoms with van der Waals surface area (Å²) in [5.74, 6) is 1.26. The fraction of sp³-hybridized carbons (Fsp3) is 0.545. The van der Waals surface area contributed by atoms with E-state index in [4.69, 9.17) is 9.47 Å². The number of piperidine rings is 1. The van der Waals surface area contributed by atoms with Gasteiger partial charge in [-0.1, -0.05) is 5.21 Å². The van der Waals surface area contributed by atoms with Gasteiger partial charge in [-0.25, -0.2) is 0 Å². The van der Waals surface area contributed by atoms with Crippen LogP contribution in [0.2, 0.25) is 0 Å². The van der Waals surface area contributed by atoms with Gasteiger partial charge in [-0.2, -0.15) is 0 Å². The van der Waals surface area contributed by atoms with Gasteiger partial charge in [0.1, 0.15) is 11.5 Å². The minimum Gasteiger partial charge on any atom is -0.497 e. The van der Waals surface area contributed by atoms with E-state index in [-0.39, 0.29) is 17.7 Å². The van der Waals surface area contributed by atoms with Gasteiger partial charge in [0, 0.05) is 44.4 Å². The van der Waals surface area contributed by atoms with Crippen LogP contribution < -0.4 is 9.47 Å². The molecule has 3 rings (SSSR count). The Bertz CT molecular complexity index is 887. The molecular weight excluding hydrogens is 398 g/mol. The fourth-order valence-corrected chi connectivity index (χ4v) is 3.94. The van der Waals surface area contributed by atoms with Crippen LogP contribution in [0.1, 0.15) is 47.5 Å². The molecule has 1 aromatic carbocycles. The maximum atomic E-state index is 13.1. The molecular formula is C22H31N5O4. The van der Waals surface area contributed by atoms with Crippen molar-refractivity contribution in [2.75, 3.05) is 40.4 Å². The van der Waals surface area contributed by atoms with Crippen LogP contribution in [0.15, 0.2) is 24.4 Å². The van der Waals surface area contributed by atoms with Gasteiger partial charge >= 0.3 is 0 Å². The number of carbonyl (C=O) groups excluding carboxylic acids is 2. The zero-order chi connectivity index (χ0) is 22.4. The highest BCUT2D eigenvalue weighted by Gasteiger charge is 2.26. The van der Waals surface area contributed by atoms with E-state index in [0.29, 0.717) is 55.5 Å². The quantitative estimate of drug-likeness (QED) is 0.640. The Morgan fingerprint density at radius 3 is 2.42 bits per heavy atom. The number of nitrogens with zero attached hydrogens (tertiary/aromatic N) is 5. The lowest BCUT2D eigenvalue weighted by Gasteiger charge is -2.32. The summed E-state index contributed by atoms with van der Waals surface area (Å²) in [6, 6.07) is 5.21. The van der Waals surface area contributed by atoms with Gasteiger partial charge < -0.3 is 19.3 Å². The van der Waals surface area contributed by atoms with Crippen LogP contribution in [0.5, 0.6) is 11.5 Å². The average molecular weight is 430 g/mol. The van der Waals surface area contributed by atoms with Crippen LogP contribution in [0.25, 0.3) is 0 Å². The largest absolute Gasteiger partial charge is 0.497 e. The van der Waals surface area contributed by atoms with E-state index in [1.807, 2.05) is 18.7 Å². The summed E-state index contributed by atoms with van der Waals surface area (Å²) in [7, 11) is 3.13. The molecule has 9 nitrogen and oxygen atoms in total. The Hall–Kier alpha value is -3.10. The van der Waals surface area contributed by atoms with Gasteiger partial charge in [0.05, 0.1) is 20.4 Å². The van der Waals surface area contributed by atoms with Gasteiger partial charge in [-0.3, -0.25) is 14.3 Å². The number of amides is 2. The molecule has 2 aromatic rings. The van der Waals surface area contributed by atoms with E-state index in [0.717, 1.165) is 12.8 Å². The van der Waals surface area contributed by atoms with Crippen molar-refractivity contribution in [2.45, 2.75) is 33.2 Å². The van der Waals surface area contributed by atoms with Crippen molar-refractivity contribution in [3.63, 3.8) is 0 Å². The van der Waals surface area contributed by atoms with Gasteiger partial charge in [0.15, 0.2) is 5.69 Å². The van der Waals surface area contributed by atoms with E-state index in [1.54, 1.807) is 48.2 Å². The summed E-state index contributed by atoms with van der Waals surface area (Å²) in [6.45, 7) is 7.10. The van der Waals surface area contributed by atoms with Crippen LogP contribution in [-0.2, 0) is 6.54 Å². The topological polar surface area (TPSA) is 89.8 Å². The SMILES string of the molecule is CCN(CC)C(=O)c1cn(C[C@H]2CCCN(C(=O)c3cc(OC)cc(OC)c3)C2)nn1. The average Bonchev–Trinajstić information content (AvgIpc) is 3.27. The number of benzene rings is 1. The second-order valence-electron chi connectivity index (χ2n) is 7.66. The van der Waals surface area contributed by atoms with E-state index in [2.05, 4.69) is 10.3 Å². The van der Waals surface area contributed by atoms with Crippen LogP contribution in [0, 0.1) is 5.92 Å². The number of ether oxygens (including phenoxy) is 2. The zero-order valence-corrected chi connectivity index (χ0v) is 18.7. The molecule has 9 heteroatoms. The zero-order valence-electron chi connectivity index (χ0n) is 18.7. The summed E-state index contributed by atoms with van der Waals surface area (Å²) in [5, 5.41) is 8.19. The lowest BCUT2D eigenvalue weighted by molar-refractivity contribution is 0.0658. The normalized spacial score (nSPS) is 16.1. The molecule has 0 saturated carbocycles. The van der Waals surface area contributed by atoms with Crippen molar-refractivity contribution < 1.29 is 19.1 Å². The highest BCUT2D eigenvalue weighted by Crippen LogP contribution is 2.26. The lowest BCUT2D eigenvalue weighted by atomic mass is 9.97. The predicted octanol–water partition coefficient (Wildman–Crippen LogP) is 2.33. The van der Waals surface area contributed by atoms with Gasteiger partial charge in [0.25, 0.3) is 11.8 Å². The van der Waals surface area contributed by atoms with Gasteiger partial charge in [-0.05, 0) is 44.7 Å². The lowest BCUT2D eigenvalue weighted by Crippen LogP contribution is -2.41. The molecule has 1 aromatic heterocycles. The summed E-state index contributed by atoms with van der Waals surface area (Å²) in [4.78, 5) is 29.1. The molecule has 31 heavy (non-hydrogen) atoms. The van der Waals surface area contributed by atoms with Crippen LogP contribution in [-0.4, -0.2) is 77.0 Å². The Kier molecular flexibility index (Phi) is 7.49. The standard InChI is InChI=1S/C22H31N5O4/c1-5-25(6-2)22(29)20-15-27(24-23-20)14-16-8-7-9-26(13-16)21(28)17-10-18(30-3)12-19(11-17)31-4/h10-12,15-16H,5-9,13-14H2,1-4H3/t16-/m0/s1. The molecule has 2 amide bonds. The highest BCUT2D eigenvalue weighted by molar-refractivity contribution is 5.95. The molecule has 0 radical (unpaired) electrons. The Morgan fingerprint density at radius 1 is 1.13 bits per heavy atom. The second-order valence-corrected chi connectivity index (χ2v) is 7.66. The van der Waals surface area contributed by atoms with Crippen molar-refractivity contribution >= 4 is 11.8 Å². The number of likely N-dealkylation sites (tertiary alicyclic amines) is 1. The first-order valence-electron chi connectivity index (χ1n) is 10.7. The van der Waals surface area contributed by atoms with Crippen molar-refractivity contribution in [2.24, 2.45) is 5.92 Å². The first kappa shape index (κ1) is 22.6. The summed E-state index contributed by atoms with van der Waals surface area (Å²) >= 11 is 0. The van der Waals surface area contributed by atoms with Crippen molar-refractivity contribution in [3.8, 4) is 11.5 Å². The molecule has 0 unspecified atom stereocenters. The number of rotatable bonds is 8. The molecule has 1 aliphatic heterocycles. The third-order valence-corrected chi connectivity index (χ3v) is 5.66. The minimum absolute atomic E-state index is 0.0436. The Morgan fingerprint density at radius 2 is 1.81 bits per heavy atom. The highest BCUT2D eigenvalue weighted by atomic mass is 16.5. The Balaban J connectivity index is 1.66. The van der Waals surface area contributed by atoms with Crippen molar-refractivity contribution in [1.29, 1.82) is 0 Å². The van der Waals surface area contributed by atoms with E-state index < -0.39 is 0 Å². The monoisotopic (exact) mass is 429 g/mol. The molecule has 1 saturated heterocycles.